The van der Waals surface area contributed by atoms with Gasteiger partial charge in [-0.05, 0) is 48.9 Å². The Kier molecular flexibility index (Phi) is 4.15. The molecule has 1 aliphatic rings. The molecule has 0 aromatic heterocycles. The summed E-state index contributed by atoms with van der Waals surface area (Å²) in [5, 5.41) is 3.50. The maximum atomic E-state index is 3.50. The SMILES string of the molecule is CC(C)(C)CCNc1ccc(N2CCCC2)cc1. The number of hydrogen-bond acceptors (Lipinski definition) is 2. The van der Waals surface area contributed by atoms with Crippen LogP contribution in [0.3, 0.4) is 0 Å². The Morgan fingerprint density at radius 1 is 1.06 bits per heavy atom. The van der Waals surface area contributed by atoms with Crippen molar-refractivity contribution in [2.75, 3.05) is 29.9 Å². The monoisotopic (exact) mass is 246 g/mol. The fourth-order valence-electron chi connectivity index (χ4n) is 2.35. The third-order valence-corrected chi connectivity index (χ3v) is 3.54. The summed E-state index contributed by atoms with van der Waals surface area (Å²) in [4.78, 5) is 2.47. The smallest absolute Gasteiger partial charge is 0.0367 e. The summed E-state index contributed by atoms with van der Waals surface area (Å²) in [5.74, 6) is 0. The Bertz CT molecular complexity index is 356. The Hall–Kier alpha value is -1.18. The number of rotatable bonds is 4. The molecule has 18 heavy (non-hydrogen) atoms. The van der Waals surface area contributed by atoms with E-state index in [1.165, 1.54) is 43.7 Å². The summed E-state index contributed by atoms with van der Waals surface area (Å²) in [6, 6.07) is 8.89. The molecular formula is C16H26N2. The largest absolute Gasteiger partial charge is 0.385 e. The lowest BCUT2D eigenvalue weighted by atomic mass is 9.92. The van der Waals surface area contributed by atoms with Crippen molar-refractivity contribution >= 4 is 11.4 Å². The van der Waals surface area contributed by atoms with Gasteiger partial charge in [0.15, 0.2) is 0 Å². The highest BCUT2D eigenvalue weighted by molar-refractivity contribution is 5.55. The fraction of sp³-hybridized carbons (Fsp3) is 0.625. The van der Waals surface area contributed by atoms with E-state index in [1.54, 1.807) is 0 Å². The van der Waals surface area contributed by atoms with Crippen LogP contribution in [-0.4, -0.2) is 19.6 Å². The lowest BCUT2D eigenvalue weighted by Gasteiger charge is -2.20. The number of benzene rings is 1. The van der Waals surface area contributed by atoms with Crippen LogP contribution in [0.25, 0.3) is 0 Å². The van der Waals surface area contributed by atoms with Crippen LogP contribution in [0.2, 0.25) is 0 Å². The van der Waals surface area contributed by atoms with Crippen molar-refractivity contribution in [1.29, 1.82) is 0 Å². The Morgan fingerprint density at radius 2 is 1.67 bits per heavy atom. The topological polar surface area (TPSA) is 15.3 Å². The lowest BCUT2D eigenvalue weighted by Crippen LogP contribution is -2.17. The van der Waals surface area contributed by atoms with E-state index in [0.717, 1.165) is 6.54 Å². The van der Waals surface area contributed by atoms with Gasteiger partial charge in [0.2, 0.25) is 0 Å². The second kappa shape index (κ2) is 5.64. The maximum absolute atomic E-state index is 3.50. The third-order valence-electron chi connectivity index (χ3n) is 3.54. The summed E-state index contributed by atoms with van der Waals surface area (Å²) in [6.07, 6.45) is 3.87. The normalized spacial score (nSPS) is 16.1. The summed E-state index contributed by atoms with van der Waals surface area (Å²) in [7, 11) is 0. The van der Waals surface area contributed by atoms with Crippen LogP contribution in [0, 0.1) is 5.41 Å². The number of hydrogen-bond donors (Lipinski definition) is 1. The van der Waals surface area contributed by atoms with Crippen LogP contribution < -0.4 is 10.2 Å². The molecule has 0 spiro atoms. The molecule has 2 rings (SSSR count). The molecule has 1 saturated heterocycles. The predicted octanol–water partition coefficient (Wildman–Crippen LogP) is 4.13. The van der Waals surface area contributed by atoms with E-state index in [0.29, 0.717) is 5.41 Å². The molecule has 1 N–H and O–H groups in total. The van der Waals surface area contributed by atoms with E-state index in [2.05, 4.69) is 55.3 Å². The van der Waals surface area contributed by atoms with E-state index >= 15 is 0 Å². The molecular weight excluding hydrogens is 220 g/mol. The molecule has 1 aliphatic heterocycles. The van der Waals surface area contributed by atoms with Crippen LogP contribution >= 0.6 is 0 Å². The molecule has 0 bridgehead atoms. The Morgan fingerprint density at radius 3 is 2.22 bits per heavy atom. The molecule has 2 nitrogen and oxygen atoms in total. The van der Waals surface area contributed by atoms with Crippen LogP contribution in [0.15, 0.2) is 24.3 Å². The van der Waals surface area contributed by atoms with Gasteiger partial charge in [-0.3, -0.25) is 0 Å². The first-order valence-electron chi connectivity index (χ1n) is 7.13. The second-order valence-electron chi connectivity index (χ2n) is 6.48. The number of anilines is 2. The molecule has 1 fully saturated rings. The van der Waals surface area contributed by atoms with Gasteiger partial charge in [-0.15, -0.1) is 0 Å². The first kappa shape index (κ1) is 13.3. The maximum Gasteiger partial charge on any atom is 0.0367 e. The highest BCUT2D eigenvalue weighted by Gasteiger charge is 2.12. The summed E-state index contributed by atoms with van der Waals surface area (Å²) in [6.45, 7) is 10.3. The zero-order chi connectivity index (χ0) is 13.0. The summed E-state index contributed by atoms with van der Waals surface area (Å²) >= 11 is 0. The Balaban J connectivity index is 1.84. The van der Waals surface area contributed by atoms with E-state index in [4.69, 9.17) is 0 Å². The minimum absolute atomic E-state index is 0.405. The molecule has 100 valence electrons. The van der Waals surface area contributed by atoms with Gasteiger partial charge in [0.05, 0.1) is 0 Å². The third kappa shape index (κ3) is 3.94. The van der Waals surface area contributed by atoms with Crippen molar-refractivity contribution < 1.29 is 0 Å². The molecule has 0 aliphatic carbocycles. The van der Waals surface area contributed by atoms with Crippen molar-refractivity contribution in [1.82, 2.24) is 0 Å². The molecule has 0 saturated carbocycles. The number of nitrogens with zero attached hydrogens (tertiary/aromatic N) is 1. The molecule has 0 amide bonds. The van der Waals surface area contributed by atoms with Gasteiger partial charge >= 0.3 is 0 Å². The molecule has 0 radical (unpaired) electrons. The molecule has 1 aromatic carbocycles. The van der Waals surface area contributed by atoms with Gasteiger partial charge < -0.3 is 10.2 Å². The van der Waals surface area contributed by atoms with E-state index in [-0.39, 0.29) is 0 Å². The fourth-order valence-corrected chi connectivity index (χ4v) is 2.35. The Labute approximate surface area is 111 Å². The van der Waals surface area contributed by atoms with Gasteiger partial charge in [0.25, 0.3) is 0 Å². The molecule has 2 heteroatoms. The van der Waals surface area contributed by atoms with Gasteiger partial charge in [-0.1, -0.05) is 20.8 Å². The van der Waals surface area contributed by atoms with Crippen LogP contribution in [0.1, 0.15) is 40.0 Å². The van der Waals surface area contributed by atoms with E-state index in [9.17, 15) is 0 Å². The van der Waals surface area contributed by atoms with Crippen molar-refractivity contribution in [3.8, 4) is 0 Å². The summed E-state index contributed by atoms with van der Waals surface area (Å²) in [5.41, 5.74) is 3.01. The van der Waals surface area contributed by atoms with Crippen LogP contribution in [0.4, 0.5) is 11.4 Å². The van der Waals surface area contributed by atoms with Crippen molar-refractivity contribution in [2.24, 2.45) is 5.41 Å². The molecule has 0 atom stereocenters. The van der Waals surface area contributed by atoms with E-state index in [1.807, 2.05) is 0 Å². The molecule has 0 unspecified atom stereocenters. The van der Waals surface area contributed by atoms with Crippen molar-refractivity contribution in [3.05, 3.63) is 24.3 Å². The zero-order valence-electron chi connectivity index (χ0n) is 12.0. The van der Waals surface area contributed by atoms with Crippen molar-refractivity contribution in [3.63, 3.8) is 0 Å². The average molecular weight is 246 g/mol. The van der Waals surface area contributed by atoms with Crippen molar-refractivity contribution in [2.45, 2.75) is 40.0 Å². The van der Waals surface area contributed by atoms with Crippen LogP contribution in [-0.2, 0) is 0 Å². The van der Waals surface area contributed by atoms with E-state index < -0.39 is 0 Å². The highest BCUT2D eigenvalue weighted by Crippen LogP contribution is 2.23. The lowest BCUT2D eigenvalue weighted by molar-refractivity contribution is 0.390. The summed E-state index contributed by atoms with van der Waals surface area (Å²) < 4.78 is 0. The highest BCUT2D eigenvalue weighted by atomic mass is 15.1. The first-order valence-corrected chi connectivity index (χ1v) is 7.13. The quantitative estimate of drug-likeness (QED) is 0.859. The number of nitrogens with one attached hydrogen (secondary N) is 1. The minimum atomic E-state index is 0.405. The van der Waals surface area contributed by atoms with Gasteiger partial charge in [0.1, 0.15) is 0 Å². The molecule has 1 aromatic rings. The predicted molar refractivity (Wildman–Crippen MR) is 80.5 cm³/mol. The molecule has 1 heterocycles. The second-order valence-corrected chi connectivity index (χ2v) is 6.48. The van der Waals surface area contributed by atoms with Gasteiger partial charge in [-0.25, -0.2) is 0 Å². The average Bonchev–Trinajstić information content (AvgIpc) is 2.82. The zero-order valence-corrected chi connectivity index (χ0v) is 12.0. The first-order chi connectivity index (χ1) is 8.54. The van der Waals surface area contributed by atoms with Crippen LogP contribution in [0.5, 0.6) is 0 Å². The standard InChI is InChI=1S/C16H26N2/c1-16(2,3)10-11-17-14-6-8-15(9-7-14)18-12-4-5-13-18/h6-9,17H,4-5,10-13H2,1-3H3. The van der Waals surface area contributed by atoms with Gasteiger partial charge in [-0.2, -0.15) is 0 Å². The minimum Gasteiger partial charge on any atom is -0.385 e. The van der Waals surface area contributed by atoms with Gasteiger partial charge in [0, 0.05) is 31.0 Å².